The molecular weight excluding hydrogens is 397 g/mol. The van der Waals surface area contributed by atoms with Crippen LogP contribution in [0.3, 0.4) is 0 Å². The molecule has 0 spiro atoms. The van der Waals surface area contributed by atoms with Gasteiger partial charge in [-0.2, -0.15) is 0 Å². The van der Waals surface area contributed by atoms with Crippen molar-refractivity contribution in [2.24, 2.45) is 5.92 Å². The SMILES string of the molecule is CC[C@H](C)c1ccccc1N1C[C@@H](C(=O)N(C)CC(=O)Nc2cccc(F)c2)CC1=O. The summed E-state index contributed by atoms with van der Waals surface area (Å²) in [5.41, 5.74) is 2.27. The first kappa shape index (κ1) is 22.5. The number of hydrogen-bond donors (Lipinski definition) is 1. The zero-order valence-corrected chi connectivity index (χ0v) is 18.1. The number of nitrogens with one attached hydrogen (secondary N) is 1. The second kappa shape index (κ2) is 9.73. The van der Waals surface area contributed by atoms with Gasteiger partial charge in [0.1, 0.15) is 5.82 Å². The van der Waals surface area contributed by atoms with Crippen molar-refractivity contribution in [2.45, 2.75) is 32.6 Å². The molecule has 0 aromatic heterocycles. The molecule has 3 amide bonds. The minimum Gasteiger partial charge on any atom is -0.336 e. The minimum atomic E-state index is -0.510. The van der Waals surface area contributed by atoms with Gasteiger partial charge in [0.15, 0.2) is 0 Å². The Morgan fingerprint density at radius 3 is 2.68 bits per heavy atom. The van der Waals surface area contributed by atoms with Gasteiger partial charge in [-0.3, -0.25) is 14.4 Å². The molecule has 1 aliphatic rings. The maximum atomic E-state index is 13.3. The third kappa shape index (κ3) is 5.29. The monoisotopic (exact) mass is 425 g/mol. The molecule has 2 atom stereocenters. The molecule has 1 aliphatic heterocycles. The van der Waals surface area contributed by atoms with Crippen LogP contribution < -0.4 is 10.2 Å². The lowest BCUT2D eigenvalue weighted by atomic mass is 9.96. The Hall–Kier alpha value is -3.22. The summed E-state index contributed by atoms with van der Waals surface area (Å²) >= 11 is 0. The van der Waals surface area contributed by atoms with Crippen LogP contribution in [0.5, 0.6) is 0 Å². The average Bonchev–Trinajstić information content (AvgIpc) is 3.13. The van der Waals surface area contributed by atoms with E-state index in [2.05, 4.69) is 19.2 Å². The molecule has 0 bridgehead atoms. The second-order valence-electron chi connectivity index (χ2n) is 8.03. The zero-order valence-electron chi connectivity index (χ0n) is 18.1. The van der Waals surface area contributed by atoms with Crippen molar-refractivity contribution >= 4 is 29.1 Å². The summed E-state index contributed by atoms with van der Waals surface area (Å²) in [6.45, 7) is 4.33. The van der Waals surface area contributed by atoms with Gasteiger partial charge in [-0.15, -0.1) is 0 Å². The van der Waals surface area contributed by atoms with Crippen molar-refractivity contribution < 1.29 is 18.8 Å². The molecule has 0 unspecified atom stereocenters. The summed E-state index contributed by atoms with van der Waals surface area (Å²) in [7, 11) is 1.54. The number of carbonyl (C=O) groups excluding carboxylic acids is 3. The van der Waals surface area contributed by atoms with Crippen molar-refractivity contribution in [3.8, 4) is 0 Å². The lowest BCUT2D eigenvalue weighted by Gasteiger charge is -2.24. The molecule has 0 aliphatic carbocycles. The number of rotatable bonds is 7. The predicted molar refractivity (Wildman–Crippen MR) is 118 cm³/mol. The number of likely N-dealkylation sites (N-methyl/N-ethyl adjacent to an activating group) is 1. The Bertz CT molecular complexity index is 978. The number of para-hydroxylation sites is 1. The van der Waals surface area contributed by atoms with Gasteiger partial charge < -0.3 is 15.1 Å². The van der Waals surface area contributed by atoms with Crippen LogP contribution in [0.15, 0.2) is 48.5 Å². The van der Waals surface area contributed by atoms with E-state index in [1.54, 1.807) is 11.0 Å². The van der Waals surface area contributed by atoms with Gasteiger partial charge in [-0.05, 0) is 42.2 Å². The van der Waals surface area contributed by atoms with Gasteiger partial charge in [0.05, 0.1) is 12.5 Å². The fourth-order valence-corrected chi connectivity index (χ4v) is 3.85. The van der Waals surface area contributed by atoms with Gasteiger partial charge in [0.25, 0.3) is 0 Å². The highest BCUT2D eigenvalue weighted by molar-refractivity contribution is 6.02. The lowest BCUT2D eigenvalue weighted by molar-refractivity contribution is -0.137. The lowest BCUT2D eigenvalue weighted by Crippen LogP contribution is -2.39. The number of amides is 3. The van der Waals surface area contributed by atoms with E-state index in [4.69, 9.17) is 0 Å². The fraction of sp³-hybridized carbons (Fsp3) is 0.375. The second-order valence-corrected chi connectivity index (χ2v) is 8.03. The highest BCUT2D eigenvalue weighted by atomic mass is 19.1. The van der Waals surface area contributed by atoms with Crippen molar-refractivity contribution in [2.75, 3.05) is 30.4 Å². The highest BCUT2D eigenvalue weighted by Gasteiger charge is 2.37. The maximum Gasteiger partial charge on any atom is 0.243 e. The zero-order chi connectivity index (χ0) is 22.5. The molecule has 0 saturated carbocycles. The molecule has 2 aromatic rings. The predicted octanol–water partition coefficient (Wildman–Crippen LogP) is 3.79. The Labute approximate surface area is 182 Å². The van der Waals surface area contributed by atoms with E-state index < -0.39 is 17.6 Å². The first-order chi connectivity index (χ1) is 14.8. The number of halogens is 1. The van der Waals surface area contributed by atoms with Crippen LogP contribution in [0.1, 0.15) is 38.2 Å². The Balaban J connectivity index is 1.64. The van der Waals surface area contributed by atoms with Crippen LogP contribution in [0, 0.1) is 11.7 Å². The minimum absolute atomic E-state index is 0.0910. The highest BCUT2D eigenvalue weighted by Crippen LogP contribution is 2.33. The van der Waals surface area contributed by atoms with Crippen LogP contribution in [-0.4, -0.2) is 42.8 Å². The van der Waals surface area contributed by atoms with Crippen molar-refractivity contribution in [3.05, 3.63) is 59.9 Å². The molecule has 7 heteroatoms. The van der Waals surface area contributed by atoms with Crippen molar-refractivity contribution in [1.82, 2.24) is 4.90 Å². The van der Waals surface area contributed by atoms with Gasteiger partial charge >= 0.3 is 0 Å². The van der Waals surface area contributed by atoms with Crippen LogP contribution in [0.4, 0.5) is 15.8 Å². The molecule has 0 radical (unpaired) electrons. The summed E-state index contributed by atoms with van der Waals surface area (Å²) in [5, 5.41) is 2.58. The molecule has 6 nitrogen and oxygen atoms in total. The number of hydrogen-bond acceptors (Lipinski definition) is 3. The van der Waals surface area contributed by atoms with E-state index >= 15 is 0 Å². The van der Waals surface area contributed by atoms with Gasteiger partial charge in [0, 0.05) is 31.4 Å². The van der Waals surface area contributed by atoms with Crippen LogP contribution in [0.2, 0.25) is 0 Å². The summed E-state index contributed by atoms with van der Waals surface area (Å²) in [4.78, 5) is 40.9. The number of anilines is 2. The molecule has 1 saturated heterocycles. The molecule has 1 heterocycles. The van der Waals surface area contributed by atoms with Crippen LogP contribution >= 0.6 is 0 Å². The van der Waals surface area contributed by atoms with Gasteiger partial charge in [-0.1, -0.05) is 38.1 Å². The van der Waals surface area contributed by atoms with E-state index in [9.17, 15) is 18.8 Å². The van der Waals surface area contributed by atoms with Gasteiger partial charge in [0.2, 0.25) is 17.7 Å². The number of carbonyl (C=O) groups is 3. The molecule has 164 valence electrons. The molecular formula is C24H28FN3O3. The summed E-state index contributed by atoms with van der Waals surface area (Å²) in [6, 6.07) is 13.4. The van der Waals surface area contributed by atoms with E-state index in [-0.39, 0.29) is 24.8 Å². The molecule has 1 fully saturated rings. The summed E-state index contributed by atoms with van der Waals surface area (Å²) in [6.07, 6.45) is 1.06. The third-order valence-corrected chi connectivity index (χ3v) is 5.71. The topological polar surface area (TPSA) is 69.7 Å². The molecule has 31 heavy (non-hydrogen) atoms. The van der Waals surface area contributed by atoms with E-state index in [0.29, 0.717) is 18.2 Å². The maximum absolute atomic E-state index is 13.3. The van der Waals surface area contributed by atoms with E-state index in [1.165, 1.54) is 30.1 Å². The Morgan fingerprint density at radius 2 is 1.97 bits per heavy atom. The van der Waals surface area contributed by atoms with E-state index in [1.807, 2.05) is 24.3 Å². The largest absolute Gasteiger partial charge is 0.336 e. The van der Waals surface area contributed by atoms with E-state index in [0.717, 1.165) is 17.7 Å². The van der Waals surface area contributed by atoms with Gasteiger partial charge in [-0.25, -0.2) is 4.39 Å². The van der Waals surface area contributed by atoms with Crippen molar-refractivity contribution in [1.29, 1.82) is 0 Å². The summed E-state index contributed by atoms with van der Waals surface area (Å²) < 4.78 is 13.3. The first-order valence-corrected chi connectivity index (χ1v) is 10.5. The molecule has 3 rings (SSSR count). The number of benzene rings is 2. The average molecular weight is 426 g/mol. The number of nitrogens with zero attached hydrogens (tertiary/aromatic N) is 2. The smallest absolute Gasteiger partial charge is 0.243 e. The van der Waals surface area contributed by atoms with Crippen molar-refractivity contribution in [3.63, 3.8) is 0 Å². The van der Waals surface area contributed by atoms with Crippen LogP contribution in [-0.2, 0) is 14.4 Å². The Kier molecular flexibility index (Phi) is 7.05. The third-order valence-electron chi connectivity index (χ3n) is 5.71. The first-order valence-electron chi connectivity index (χ1n) is 10.5. The Morgan fingerprint density at radius 1 is 1.23 bits per heavy atom. The fourth-order valence-electron chi connectivity index (χ4n) is 3.85. The summed E-state index contributed by atoms with van der Waals surface area (Å²) in [5.74, 6) is -1.44. The molecule has 2 aromatic carbocycles. The quantitative estimate of drug-likeness (QED) is 0.734. The van der Waals surface area contributed by atoms with Crippen LogP contribution in [0.25, 0.3) is 0 Å². The normalized spacial score (nSPS) is 16.8. The molecule has 1 N–H and O–H groups in total. The standard InChI is InChI=1S/C24H28FN3O3/c1-4-16(2)20-10-5-6-11-21(20)28-14-17(12-23(28)30)24(31)27(3)15-22(29)26-19-9-7-8-18(25)13-19/h5-11,13,16-17H,4,12,14-15H2,1-3H3,(H,26,29)/t16-,17-/m0/s1.